The highest BCUT2D eigenvalue weighted by Crippen LogP contribution is 2.21. The number of aliphatic hydroxyl groups excluding tert-OH is 5. The van der Waals surface area contributed by atoms with E-state index in [9.17, 15) is 10.2 Å². The van der Waals surface area contributed by atoms with Gasteiger partial charge in [0.25, 0.3) is 0 Å². The van der Waals surface area contributed by atoms with Crippen LogP contribution in [0.1, 0.15) is 6.92 Å². The summed E-state index contributed by atoms with van der Waals surface area (Å²) in [6.45, 7) is 1.35. The number of rotatable bonds is 1. The van der Waals surface area contributed by atoms with Gasteiger partial charge in [-0.2, -0.15) is 0 Å². The van der Waals surface area contributed by atoms with E-state index in [4.69, 9.17) is 15.3 Å². The second kappa shape index (κ2) is 3.87. The van der Waals surface area contributed by atoms with E-state index in [1.165, 1.54) is 6.92 Å². The smallest absolute Gasteiger partial charge is 0.184 e. The lowest BCUT2D eigenvalue weighted by molar-refractivity contribution is -0.295. The first-order valence-electron chi connectivity index (χ1n) is 4.01. The molecule has 0 amide bonds. The molecule has 13 heavy (non-hydrogen) atoms. The molecule has 0 saturated carbocycles. The predicted octanol–water partition coefficient (Wildman–Crippen LogP) is -2.83. The number of aliphatic hydroxyl groups is 5. The molecule has 1 heterocycles. The second-order valence-corrected chi connectivity index (χ2v) is 3.20. The zero-order chi connectivity index (χ0) is 10.2. The quantitative estimate of drug-likeness (QED) is 0.308. The molecule has 0 aromatic rings. The molecular formula is C7H14O6. The Balaban J connectivity index is 2.70. The molecule has 6 nitrogen and oxygen atoms in total. The summed E-state index contributed by atoms with van der Waals surface area (Å²) in [5, 5.41) is 45.6. The first-order valence-corrected chi connectivity index (χ1v) is 4.01. The summed E-state index contributed by atoms with van der Waals surface area (Å²) in [5.41, 5.74) is 0. The molecule has 0 radical (unpaired) electrons. The molecule has 1 aliphatic heterocycles. The molecule has 6 atom stereocenters. The Morgan fingerprint density at radius 2 is 1.54 bits per heavy atom. The van der Waals surface area contributed by atoms with Crippen molar-refractivity contribution in [2.24, 2.45) is 0 Å². The van der Waals surface area contributed by atoms with E-state index in [1.54, 1.807) is 0 Å². The first-order chi connectivity index (χ1) is 5.95. The Labute approximate surface area is 75.0 Å². The average molecular weight is 194 g/mol. The molecule has 78 valence electrons. The van der Waals surface area contributed by atoms with Crippen LogP contribution in [0.25, 0.3) is 0 Å². The van der Waals surface area contributed by atoms with Crippen molar-refractivity contribution < 1.29 is 30.3 Å². The summed E-state index contributed by atoms with van der Waals surface area (Å²) in [4.78, 5) is 0. The molecule has 1 aliphatic rings. The van der Waals surface area contributed by atoms with Gasteiger partial charge in [0.1, 0.15) is 24.4 Å². The van der Waals surface area contributed by atoms with Crippen molar-refractivity contribution in [2.75, 3.05) is 0 Å². The monoisotopic (exact) mass is 194 g/mol. The van der Waals surface area contributed by atoms with Crippen LogP contribution in [0.5, 0.6) is 0 Å². The van der Waals surface area contributed by atoms with Crippen molar-refractivity contribution in [1.29, 1.82) is 0 Å². The van der Waals surface area contributed by atoms with Crippen LogP contribution < -0.4 is 0 Å². The van der Waals surface area contributed by atoms with E-state index in [-0.39, 0.29) is 0 Å². The second-order valence-electron chi connectivity index (χ2n) is 3.20. The van der Waals surface area contributed by atoms with Gasteiger partial charge in [-0.3, -0.25) is 0 Å². The maximum Gasteiger partial charge on any atom is 0.184 e. The van der Waals surface area contributed by atoms with Crippen LogP contribution >= 0.6 is 0 Å². The first kappa shape index (κ1) is 10.8. The topological polar surface area (TPSA) is 110 Å². The van der Waals surface area contributed by atoms with Crippen LogP contribution in [0.3, 0.4) is 0 Å². The summed E-state index contributed by atoms with van der Waals surface area (Å²) >= 11 is 0. The highest BCUT2D eigenvalue weighted by Gasteiger charge is 2.44. The molecule has 5 N–H and O–H groups in total. The lowest BCUT2D eigenvalue weighted by Gasteiger charge is -2.39. The fourth-order valence-corrected chi connectivity index (χ4v) is 1.29. The van der Waals surface area contributed by atoms with Gasteiger partial charge in [0, 0.05) is 0 Å². The van der Waals surface area contributed by atoms with Gasteiger partial charge in [0.05, 0.1) is 6.10 Å². The molecule has 0 spiro atoms. The number of hydrogen-bond acceptors (Lipinski definition) is 6. The predicted molar refractivity (Wildman–Crippen MR) is 40.6 cm³/mol. The van der Waals surface area contributed by atoms with Crippen molar-refractivity contribution in [3.8, 4) is 0 Å². The van der Waals surface area contributed by atoms with E-state index < -0.39 is 36.8 Å². The van der Waals surface area contributed by atoms with Crippen molar-refractivity contribution in [2.45, 2.75) is 43.7 Å². The van der Waals surface area contributed by atoms with Crippen LogP contribution in [0.15, 0.2) is 0 Å². The van der Waals surface area contributed by atoms with Gasteiger partial charge >= 0.3 is 0 Å². The molecule has 0 unspecified atom stereocenters. The van der Waals surface area contributed by atoms with Gasteiger partial charge in [0.15, 0.2) is 6.29 Å². The Kier molecular flexibility index (Phi) is 3.23. The highest BCUT2D eigenvalue weighted by atomic mass is 16.6. The minimum Gasteiger partial charge on any atom is -0.391 e. The summed E-state index contributed by atoms with van der Waals surface area (Å²) in [6, 6.07) is 0. The maximum absolute atomic E-state index is 9.29. The zero-order valence-corrected chi connectivity index (χ0v) is 7.11. The van der Waals surface area contributed by atoms with Crippen LogP contribution in [0.4, 0.5) is 0 Å². The summed E-state index contributed by atoms with van der Waals surface area (Å²) in [7, 11) is 0. The summed E-state index contributed by atoms with van der Waals surface area (Å²) < 4.78 is 4.69. The van der Waals surface area contributed by atoms with Gasteiger partial charge in [-0.05, 0) is 6.92 Å². The fraction of sp³-hybridized carbons (Fsp3) is 1.00. The largest absolute Gasteiger partial charge is 0.391 e. The van der Waals surface area contributed by atoms with Crippen molar-refractivity contribution >= 4 is 0 Å². The summed E-state index contributed by atoms with van der Waals surface area (Å²) in [6.07, 6.45) is -8.18. The molecule has 0 aromatic carbocycles. The van der Waals surface area contributed by atoms with Gasteiger partial charge in [-0.15, -0.1) is 0 Å². The third-order valence-corrected chi connectivity index (χ3v) is 2.10. The van der Waals surface area contributed by atoms with E-state index >= 15 is 0 Å². The molecule has 6 heteroatoms. The van der Waals surface area contributed by atoms with Crippen LogP contribution in [0, 0.1) is 0 Å². The normalized spacial score (nSPS) is 48.9. The van der Waals surface area contributed by atoms with E-state index in [1.807, 2.05) is 0 Å². The lowest BCUT2D eigenvalue weighted by Crippen LogP contribution is -2.60. The standard InChI is InChI=1S/C7H14O6/c1-2(8)6-4(10)3(9)5(11)7(12)13-6/h2-12H,1H3/t2-,3-,4-,5+,6+,7+/m0/s1. The Hall–Kier alpha value is -0.240. The lowest BCUT2D eigenvalue weighted by atomic mass is 9.96. The molecular weight excluding hydrogens is 180 g/mol. The fourth-order valence-electron chi connectivity index (χ4n) is 1.29. The van der Waals surface area contributed by atoms with E-state index in [2.05, 4.69) is 4.74 Å². The van der Waals surface area contributed by atoms with Gasteiger partial charge in [-0.25, -0.2) is 0 Å². The van der Waals surface area contributed by atoms with Gasteiger partial charge < -0.3 is 30.3 Å². The molecule has 0 aliphatic carbocycles. The molecule has 1 saturated heterocycles. The van der Waals surface area contributed by atoms with E-state index in [0.717, 1.165) is 0 Å². The van der Waals surface area contributed by atoms with Gasteiger partial charge in [-0.1, -0.05) is 0 Å². The Bertz CT molecular complexity index is 172. The third kappa shape index (κ3) is 1.98. The van der Waals surface area contributed by atoms with Gasteiger partial charge in [0.2, 0.25) is 0 Å². The minimum atomic E-state index is -1.59. The van der Waals surface area contributed by atoms with Crippen molar-refractivity contribution in [3.05, 3.63) is 0 Å². The van der Waals surface area contributed by atoms with Crippen LogP contribution in [-0.4, -0.2) is 62.3 Å². The Morgan fingerprint density at radius 1 is 1.00 bits per heavy atom. The van der Waals surface area contributed by atoms with Crippen LogP contribution in [0.2, 0.25) is 0 Å². The van der Waals surface area contributed by atoms with E-state index in [0.29, 0.717) is 0 Å². The zero-order valence-electron chi connectivity index (χ0n) is 7.11. The third-order valence-electron chi connectivity index (χ3n) is 2.10. The summed E-state index contributed by atoms with van der Waals surface area (Å²) in [5.74, 6) is 0. The number of ether oxygens (including phenoxy) is 1. The highest BCUT2D eigenvalue weighted by molar-refractivity contribution is 4.90. The average Bonchev–Trinajstić information content (AvgIpc) is 2.07. The molecule has 0 aromatic heterocycles. The van der Waals surface area contributed by atoms with Crippen LogP contribution in [-0.2, 0) is 4.74 Å². The molecule has 1 rings (SSSR count). The molecule has 0 bridgehead atoms. The van der Waals surface area contributed by atoms with Crippen molar-refractivity contribution in [1.82, 2.24) is 0 Å². The minimum absolute atomic E-state index is 1.04. The maximum atomic E-state index is 9.29. The SMILES string of the molecule is C[C@H](O)[C@H]1O[C@@H](O)[C@H](O)[C@@H](O)[C@@H]1O. The number of hydrogen-bond donors (Lipinski definition) is 5. The Morgan fingerprint density at radius 3 is 2.00 bits per heavy atom. The van der Waals surface area contributed by atoms with Crippen molar-refractivity contribution in [3.63, 3.8) is 0 Å². The molecule has 1 fully saturated rings.